The quantitative estimate of drug-likeness (QED) is 0.508. The Morgan fingerprint density at radius 1 is 1.06 bits per heavy atom. The van der Waals surface area contributed by atoms with Gasteiger partial charge in [0.25, 0.3) is 0 Å². The van der Waals surface area contributed by atoms with Crippen LogP contribution in [0.1, 0.15) is 72.6 Å². The average molecular weight is 252 g/mol. The standard InChI is InChI=1S/C17H34N/c1-5-10-18(11-6-7-12-18)16-9-8-15(2)13-17(3,4)14-16/h15-16H,5-14H2,1-4H3/q+1. The molecule has 0 N–H and O–H groups in total. The fourth-order valence-electron chi connectivity index (χ4n) is 4.99. The van der Waals surface area contributed by atoms with Gasteiger partial charge >= 0.3 is 0 Å². The maximum absolute atomic E-state index is 2.51. The first-order valence-corrected chi connectivity index (χ1v) is 8.33. The fourth-order valence-corrected chi connectivity index (χ4v) is 4.99. The van der Waals surface area contributed by atoms with E-state index >= 15 is 0 Å². The molecular weight excluding hydrogens is 218 g/mol. The number of hydrogen-bond acceptors (Lipinski definition) is 0. The average Bonchev–Trinajstić information content (AvgIpc) is 2.68. The Morgan fingerprint density at radius 3 is 2.33 bits per heavy atom. The van der Waals surface area contributed by atoms with Crippen LogP contribution >= 0.6 is 0 Å². The van der Waals surface area contributed by atoms with Crippen LogP contribution < -0.4 is 0 Å². The van der Waals surface area contributed by atoms with E-state index < -0.39 is 0 Å². The van der Waals surface area contributed by atoms with Gasteiger partial charge < -0.3 is 4.48 Å². The van der Waals surface area contributed by atoms with Gasteiger partial charge in [-0.2, -0.15) is 0 Å². The highest BCUT2D eigenvalue weighted by molar-refractivity contribution is 4.82. The number of hydrogen-bond donors (Lipinski definition) is 0. The lowest BCUT2D eigenvalue weighted by atomic mass is 9.80. The van der Waals surface area contributed by atoms with Crippen LogP contribution in [-0.4, -0.2) is 30.2 Å². The first kappa shape index (κ1) is 14.4. The summed E-state index contributed by atoms with van der Waals surface area (Å²) in [4.78, 5) is 0. The summed E-state index contributed by atoms with van der Waals surface area (Å²) < 4.78 is 1.48. The van der Waals surface area contributed by atoms with Crippen LogP contribution in [0, 0.1) is 11.3 Å². The SMILES string of the molecule is CCC[N+]1(C2CCC(C)CC(C)(C)C2)CCCC1. The minimum Gasteiger partial charge on any atom is -0.321 e. The van der Waals surface area contributed by atoms with E-state index in [9.17, 15) is 0 Å². The monoisotopic (exact) mass is 252 g/mol. The minimum atomic E-state index is 0.572. The van der Waals surface area contributed by atoms with Gasteiger partial charge in [-0.15, -0.1) is 0 Å². The number of rotatable bonds is 3. The van der Waals surface area contributed by atoms with Crippen molar-refractivity contribution in [2.45, 2.75) is 78.7 Å². The van der Waals surface area contributed by atoms with Crippen LogP contribution in [0.15, 0.2) is 0 Å². The minimum absolute atomic E-state index is 0.572. The molecule has 106 valence electrons. The van der Waals surface area contributed by atoms with Crippen molar-refractivity contribution in [2.75, 3.05) is 19.6 Å². The van der Waals surface area contributed by atoms with Crippen molar-refractivity contribution in [3.8, 4) is 0 Å². The van der Waals surface area contributed by atoms with Gasteiger partial charge in [-0.25, -0.2) is 0 Å². The molecule has 2 fully saturated rings. The molecule has 1 saturated heterocycles. The smallest absolute Gasteiger partial charge is 0.0895 e. The van der Waals surface area contributed by atoms with Crippen LogP contribution in [0.25, 0.3) is 0 Å². The summed E-state index contributed by atoms with van der Waals surface area (Å²) in [7, 11) is 0. The van der Waals surface area contributed by atoms with Gasteiger partial charge in [0, 0.05) is 19.3 Å². The number of nitrogens with zero attached hydrogens (tertiary/aromatic N) is 1. The molecule has 2 atom stereocenters. The second kappa shape index (κ2) is 5.53. The summed E-state index contributed by atoms with van der Waals surface area (Å²) in [6, 6.07) is 0.965. The molecule has 0 aromatic heterocycles. The van der Waals surface area contributed by atoms with Crippen LogP contribution in [0.5, 0.6) is 0 Å². The summed E-state index contributed by atoms with van der Waals surface area (Å²) in [6.07, 6.45) is 10.2. The molecule has 0 spiro atoms. The summed E-state index contributed by atoms with van der Waals surface area (Å²) >= 11 is 0. The molecule has 1 saturated carbocycles. The predicted octanol–water partition coefficient (Wildman–Crippen LogP) is 4.61. The predicted molar refractivity (Wildman–Crippen MR) is 79.6 cm³/mol. The molecule has 0 aromatic carbocycles. The first-order chi connectivity index (χ1) is 8.47. The van der Waals surface area contributed by atoms with Gasteiger partial charge in [0.05, 0.1) is 25.7 Å². The molecule has 18 heavy (non-hydrogen) atoms. The van der Waals surface area contributed by atoms with Crippen molar-refractivity contribution in [3.05, 3.63) is 0 Å². The van der Waals surface area contributed by atoms with Crippen molar-refractivity contribution in [2.24, 2.45) is 11.3 Å². The molecule has 0 bridgehead atoms. The second-order valence-electron chi connectivity index (χ2n) is 8.01. The summed E-state index contributed by atoms with van der Waals surface area (Å²) in [5.74, 6) is 0.939. The summed E-state index contributed by atoms with van der Waals surface area (Å²) in [5.41, 5.74) is 0.572. The van der Waals surface area contributed by atoms with E-state index in [0.29, 0.717) is 5.41 Å². The Bertz CT molecular complexity index is 263. The van der Waals surface area contributed by atoms with Gasteiger partial charge in [-0.3, -0.25) is 0 Å². The van der Waals surface area contributed by atoms with E-state index in [0.717, 1.165) is 12.0 Å². The van der Waals surface area contributed by atoms with Crippen LogP contribution in [0.3, 0.4) is 0 Å². The zero-order valence-electron chi connectivity index (χ0n) is 13.2. The molecule has 2 rings (SSSR count). The zero-order chi connectivity index (χ0) is 13.2. The van der Waals surface area contributed by atoms with Crippen molar-refractivity contribution in [1.82, 2.24) is 0 Å². The van der Waals surface area contributed by atoms with Crippen molar-refractivity contribution >= 4 is 0 Å². The Balaban J connectivity index is 2.14. The molecule has 2 unspecified atom stereocenters. The molecule has 1 aliphatic carbocycles. The number of likely N-dealkylation sites (tertiary alicyclic amines) is 1. The molecule has 2 aliphatic rings. The van der Waals surface area contributed by atoms with E-state index in [4.69, 9.17) is 0 Å². The van der Waals surface area contributed by atoms with E-state index in [1.165, 1.54) is 69.1 Å². The first-order valence-electron chi connectivity index (χ1n) is 8.33. The van der Waals surface area contributed by atoms with Gasteiger partial charge in [0.1, 0.15) is 0 Å². The van der Waals surface area contributed by atoms with Crippen LogP contribution in [0.4, 0.5) is 0 Å². The van der Waals surface area contributed by atoms with Gasteiger partial charge in [0.2, 0.25) is 0 Å². The van der Waals surface area contributed by atoms with Crippen LogP contribution in [0.2, 0.25) is 0 Å². The maximum atomic E-state index is 2.51. The van der Waals surface area contributed by atoms with Crippen molar-refractivity contribution in [1.29, 1.82) is 0 Å². The third kappa shape index (κ3) is 3.10. The molecule has 1 nitrogen and oxygen atoms in total. The fraction of sp³-hybridized carbons (Fsp3) is 1.00. The molecular formula is C17H34N+. The Morgan fingerprint density at radius 2 is 1.72 bits per heavy atom. The molecule has 0 amide bonds. The topological polar surface area (TPSA) is 0 Å². The van der Waals surface area contributed by atoms with Gasteiger partial charge in [-0.1, -0.05) is 27.7 Å². The summed E-state index contributed by atoms with van der Waals surface area (Å²) in [6.45, 7) is 14.3. The highest BCUT2D eigenvalue weighted by atomic mass is 15.4. The van der Waals surface area contributed by atoms with Gasteiger partial charge in [0.15, 0.2) is 0 Å². The second-order valence-corrected chi connectivity index (χ2v) is 8.01. The lowest BCUT2D eigenvalue weighted by Gasteiger charge is -2.43. The molecule has 1 heterocycles. The Kier molecular flexibility index (Phi) is 4.41. The highest BCUT2D eigenvalue weighted by Gasteiger charge is 2.43. The van der Waals surface area contributed by atoms with E-state index in [1.807, 2.05) is 0 Å². The van der Waals surface area contributed by atoms with Crippen molar-refractivity contribution in [3.63, 3.8) is 0 Å². The normalized spacial score (nSPS) is 35.3. The Labute approximate surface area is 115 Å². The third-order valence-electron chi connectivity index (χ3n) is 5.58. The summed E-state index contributed by atoms with van der Waals surface area (Å²) in [5, 5.41) is 0. The van der Waals surface area contributed by atoms with E-state index in [-0.39, 0.29) is 0 Å². The lowest BCUT2D eigenvalue weighted by Crippen LogP contribution is -2.54. The van der Waals surface area contributed by atoms with Gasteiger partial charge in [-0.05, 0) is 37.0 Å². The van der Waals surface area contributed by atoms with E-state index in [1.54, 1.807) is 0 Å². The lowest BCUT2D eigenvalue weighted by molar-refractivity contribution is -0.941. The molecule has 0 radical (unpaired) electrons. The molecule has 1 heteroatoms. The largest absolute Gasteiger partial charge is 0.321 e. The van der Waals surface area contributed by atoms with Crippen LogP contribution in [-0.2, 0) is 0 Å². The highest BCUT2D eigenvalue weighted by Crippen LogP contribution is 2.42. The van der Waals surface area contributed by atoms with Crippen molar-refractivity contribution < 1.29 is 4.48 Å². The number of quaternary nitrogens is 1. The molecule has 1 aliphatic heterocycles. The third-order valence-corrected chi connectivity index (χ3v) is 5.58. The maximum Gasteiger partial charge on any atom is 0.0895 e. The van der Waals surface area contributed by atoms with E-state index in [2.05, 4.69) is 27.7 Å². The zero-order valence-corrected chi connectivity index (χ0v) is 13.2. The molecule has 0 aromatic rings. The Hall–Kier alpha value is -0.0400.